The molecule has 2 heterocycles. The largest absolute Gasteiger partial charge is 0.490 e. The van der Waals surface area contributed by atoms with Crippen molar-refractivity contribution in [2.75, 3.05) is 6.54 Å². The highest BCUT2D eigenvalue weighted by molar-refractivity contribution is 8.16. The van der Waals surface area contributed by atoms with Gasteiger partial charge in [-0.05, 0) is 62.8 Å². The number of nitrogens with one attached hydrogen (secondary N) is 1. The van der Waals surface area contributed by atoms with Crippen molar-refractivity contribution in [2.45, 2.75) is 59.1 Å². The summed E-state index contributed by atoms with van der Waals surface area (Å²) in [6.45, 7) is 8.89. The zero-order valence-electron chi connectivity index (χ0n) is 21.2. The summed E-state index contributed by atoms with van der Waals surface area (Å²) in [4.78, 5) is 20.0. The van der Waals surface area contributed by atoms with E-state index in [0.29, 0.717) is 16.9 Å². The maximum absolute atomic E-state index is 13.0. The molecule has 1 amide bonds. The van der Waals surface area contributed by atoms with Crippen LogP contribution in [-0.2, 0) is 6.42 Å². The molecule has 4 rings (SSSR count). The lowest BCUT2D eigenvalue weighted by molar-refractivity contribution is 0.0934. The number of thioether (sulfide) groups is 1. The molecule has 0 saturated carbocycles. The third-order valence-corrected chi connectivity index (χ3v) is 7.03. The van der Waals surface area contributed by atoms with Gasteiger partial charge in [-0.3, -0.25) is 4.79 Å². The number of nitrogens with zero attached hydrogens (tertiary/aromatic N) is 3. The third-order valence-electron chi connectivity index (χ3n) is 6.08. The standard InChI is InChI=1S/C29H32N4O2S/c1-5-6-25(31-29(34)23-11-12-27(35-19(2)3)24(14-23)15-30)13-21-7-9-22(10-8-21)26-16-33-17-28(32-26)36-18-20(33)4/h7-12,14,16,18-19,25H,5-6,13,17H2,1-4H3,(H,31,34)/t25-/m1/s1. The molecule has 2 bridgehead atoms. The Bertz CT molecular complexity index is 1260. The van der Waals surface area contributed by atoms with Crippen LogP contribution in [0.4, 0.5) is 0 Å². The van der Waals surface area contributed by atoms with Crippen molar-refractivity contribution >= 4 is 28.4 Å². The van der Waals surface area contributed by atoms with E-state index in [1.54, 1.807) is 30.0 Å². The van der Waals surface area contributed by atoms with Crippen molar-refractivity contribution in [3.63, 3.8) is 0 Å². The van der Waals surface area contributed by atoms with Gasteiger partial charge in [-0.15, -0.1) is 0 Å². The fourth-order valence-corrected chi connectivity index (χ4v) is 5.05. The number of nitriles is 1. The predicted molar refractivity (Wildman–Crippen MR) is 147 cm³/mol. The minimum Gasteiger partial charge on any atom is -0.490 e. The molecule has 2 aliphatic rings. The summed E-state index contributed by atoms with van der Waals surface area (Å²) >= 11 is 1.69. The normalized spacial score (nSPS) is 15.4. The molecule has 0 radical (unpaired) electrons. The highest BCUT2D eigenvalue weighted by Crippen LogP contribution is 2.30. The van der Waals surface area contributed by atoms with Crippen LogP contribution >= 0.6 is 11.8 Å². The lowest BCUT2D eigenvalue weighted by atomic mass is 9.99. The van der Waals surface area contributed by atoms with Crippen molar-refractivity contribution in [1.29, 1.82) is 5.26 Å². The molecule has 6 nitrogen and oxygen atoms in total. The Labute approximate surface area is 217 Å². The van der Waals surface area contributed by atoms with E-state index in [4.69, 9.17) is 9.73 Å². The number of amides is 1. The zero-order valence-corrected chi connectivity index (χ0v) is 22.1. The number of ether oxygens (including phenoxy) is 1. The molecule has 0 fully saturated rings. The monoisotopic (exact) mass is 500 g/mol. The average molecular weight is 501 g/mol. The average Bonchev–Trinajstić information content (AvgIpc) is 2.87. The summed E-state index contributed by atoms with van der Waals surface area (Å²) in [6, 6.07) is 15.6. The number of fused-ring (bicyclic) bond motifs is 2. The van der Waals surface area contributed by atoms with Crippen molar-refractivity contribution in [2.24, 2.45) is 4.99 Å². The Morgan fingerprint density at radius 2 is 2.03 bits per heavy atom. The van der Waals surface area contributed by atoms with Crippen LogP contribution in [0.5, 0.6) is 5.75 Å². The molecule has 0 aromatic heterocycles. The van der Waals surface area contributed by atoms with Gasteiger partial charge in [0, 0.05) is 29.1 Å². The van der Waals surface area contributed by atoms with Crippen LogP contribution in [0.1, 0.15) is 67.6 Å². The zero-order chi connectivity index (χ0) is 25.7. The molecule has 2 aromatic carbocycles. The van der Waals surface area contributed by atoms with E-state index >= 15 is 0 Å². The van der Waals surface area contributed by atoms with E-state index in [9.17, 15) is 10.1 Å². The topological polar surface area (TPSA) is 77.7 Å². The molecule has 0 aliphatic carbocycles. The summed E-state index contributed by atoms with van der Waals surface area (Å²) in [5.41, 5.74) is 5.27. The van der Waals surface area contributed by atoms with E-state index in [1.165, 1.54) is 5.70 Å². The third kappa shape index (κ3) is 6.19. The first-order chi connectivity index (χ1) is 17.4. The molecule has 36 heavy (non-hydrogen) atoms. The van der Waals surface area contributed by atoms with Crippen molar-refractivity contribution in [3.8, 4) is 11.8 Å². The Morgan fingerprint density at radius 3 is 2.72 bits per heavy atom. The maximum atomic E-state index is 13.0. The summed E-state index contributed by atoms with van der Waals surface area (Å²) in [5.74, 6) is 0.319. The Hall–Kier alpha value is -3.50. The number of carbonyl (C=O) groups excluding carboxylic acids is 1. The van der Waals surface area contributed by atoms with Crippen LogP contribution < -0.4 is 10.1 Å². The van der Waals surface area contributed by atoms with E-state index in [1.807, 2.05) is 13.8 Å². The van der Waals surface area contributed by atoms with Gasteiger partial charge in [0.25, 0.3) is 5.91 Å². The SMILES string of the molecule is CCC[C@H](Cc1ccc(C2=CN3CC(=N2)SC=C3C)cc1)NC(=O)c1ccc(OC(C)C)c(C#N)c1. The van der Waals surface area contributed by atoms with Crippen molar-refractivity contribution in [3.05, 3.63) is 82.0 Å². The van der Waals surface area contributed by atoms with E-state index in [-0.39, 0.29) is 18.1 Å². The molecule has 0 unspecified atom stereocenters. The summed E-state index contributed by atoms with van der Waals surface area (Å²) in [5, 5.41) is 15.9. The van der Waals surface area contributed by atoms with Gasteiger partial charge >= 0.3 is 0 Å². The van der Waals surface area contributed by atoms with Gasteiger partial charge in [-0.1, -0.05) is 49.4 Å². The molecule has 7 heteroatoms. The first kappa shape index (κ1) is 25.6. The number of benzene rings is 2. The van der Waals surface area contributed by atoms with Gasteiger partial charge in [-0.25, -0.2) is 4.99 Å². The number of hydrogen-bond acceptors (Lipinski definition) is 6. The smallest absolute Gasteiger partial charge is 0.251 e. The van der Waals surface area contributed by atoms with Crippen LogP contribution in [0.25, 0.3) is 5.70 Å². The molecular formula is C29H32N4O2S. The van der Waals surface area contributed by atoms with Crippen LogP contribution in [0.3, 0.4) is 0 Å². The number of aliphatic imine (C=N–C) groups is 1. The predicted octanol–water partition coefficient (Wildman–Crippen LogP) is 6.11. The minimum atomic E-state index is -0.178. The summed E-state index contributed by atoms with van der Waals surface area (Å²) < 4.78 is 5.68. The van der Waals surface area contributed by atoms with Gasteiger partial charge < -0.3 is 15.0 Å². The quantitative estimate of drug-likeness (QED) is 0.450. The second kappa shape index (κ2) is 11.5. The van der Waals surface area contributed by atoms with Gasteiger partial charge in [0.2, 0.25) is 0 Å². The lowest BCUT2D eigenvalue weighted by Gasteiger charge is -2.29. The number of hydrogen-bond donors (Lipinski definition) is 1. The fraction of sp³-hybridized carbons (Fsp3) is 0.345. The Morgan fingerprint density at radius 1 is 1.25 bits per heavy atom. The first-order valence-corrected chi connectivity index (χ1v) is 13.2. The Kier molecular flexibility index (Phi) is 8.17. The lowest BCUT2D eigenvalue weighted by Crippen LogP contribution is -2.36. The molecule has 0 saturated heterocycles. The maximum Gasteiger partial charge on any atom is 0.251 e. The van der Waals surface area contributed by atoms with E-state index in [2.05, 4.69) is 66.0 Å². The van der Waals surface area contributed by atoms with Crippen molar-refractivity contribution < 1.29 is 9.53 Å². The van der Waals surface area contributed by atoms with Crippen LogP contribution in [-0.4, -0.2) is 34.5 Å². The second-order valence-electron chi connectivity index (χ2n) is 9.37. The van der Waals surface area contributed by atoms with Crippen molar-refractivity contribution in [1.82, 2.24) is 10.2 Å². The van der Waals surface area contributed by atoms with E-state index < -0.39 is 0 Å². The molecule has 2 aromatic rings. The van der Waals surface area contributed by atoms with Crippen LogP contribution in [0.2, 0.25) is 0 Å². The highest BCUT2D eigenvalue weighted by Gasteiger charge is 2.20. The minimum absolute atomic E-state index is 0.00531. The van der Waals surface area contributed by atoms with Gasteiger partial charge in [0.1, 0.15) is 11.8 Å². The highest BCUT2D eigenvalue weighted by atomic mass is 32.2. The second-order valence-corrected chi connectivity index (χ2v) is 10.3. The molecule has 0 spiro atoms. The molecule has 186 valence electrons. The first-order valence-electron chi connectivity index (χ1n) is 12.4. The Balaban J connectivity index is 1.44. The van der Waals surface area contributed by atoms with Crippen LogP contribution in [0.15, 0.2) is 64.8 Å². The number of rotatable bonds is 9. The molecule has 1 atom stereocenters. The number of carbonyl (C=O) groups is 1. The van der Waals surface area contributed by atoms with E-state index in [0.717, 1.165) is 47.7 Å². The summed E-state index contributed by atoms with van der Waals surface area (Å²) in [7, 11) is 0. The van der Waals surface area contributed by atoms with Gasteiger partial charge in [0.05, 0.1) is 29.0 Å². The number of allylic oxidation sites excluding steroid dienone is 1. The molecule has 2 aliphatic heterocycles. The van der Waals surface area contributed by atoms with Crippen LogP contribution in [0, 0.1) is 11.3 Å². The summed E-state index contributed by atoms with van der Waals surface area (Å²) in [6.07, 6.45) is 4.62. The van der Waals surface area contributed by atoms with Gasteiger partial charge in [-0.2, -0.15) is 5.26 Å². The van der Waals surface area contributed by atoms with Gasteiger partial charge in [0.15, 0.2) is 0 Å². The molecule has 1 N–H and O–H groups in total. The fourth-order valence-electron chi connectivity index (χ4n) is 4.24. The molecular weight excluding hydrogens is 468 g/mol.